The van der Waals surface area contributed by atoms with Crippen molar-refractivity contribution in [3.63, 3.8) is 0 Å². The summed E-state index contributed by atoms with van der Waals surface area (Å²) >= 11 is 0. The van der Waals surface area contributed by atoms with Crippen molar-refractivity contribution in [2.75, 3.05) is 7.11 Å². The van der Waals surface area contributed by atoms with Crippen LogP contribution in [0.5, 0.6) is 5.75 Å². The largest absolute Gasteiger partial charge is 0.497 e. The highest BCUT2D eigenvalue weighted by atomic mass is 16.5. The molecule has 1 aromatic heterocycles. The van der Waals surface area contributed by atoms with E-state index in [0.717, 1.165) is 22.7 Å². The Labute approximate surface area is 137 Å². The van der Waals surface area contributed by atoms with Crippen LogP contribution >= 0.6 is 0 Å². The van der Waals surface area contributed by atoms with Gasteiger partial charge in [0, 0.05) is 22.5 Å². The molecule has 0 saturated carbocycles. The third-order valence-electron chi connectivity index (χ3n) is 4.39. The summed E-state index contributed by atoms with van der Waals surface area (Å²) in [5.41, 5.74) is 3.84. The van der Waals surface area contributed by atoms with Crippen molar-refractivity contribution in [3.05, 3.63) is 52.3 Å². The zero-order valence-corrected chi connectivity index (χ0v) is 14.6. The molecule has 0 aliphatic carbocycles. The summed E-state index contributed by atoms with van der Waals surface area (Å²) in [5.74, 6) is 0.656. The molecule has 2 aromatic rings. The van der Waals surface area contributed by atoms with Crippen molar-refractivity contribution in [1.29, 1.82) is 0 Å². The lowest BCUT2D eigenvalue weighted by atomic mass is 10.0. The first kappa shape index (κ1) is 17.0. The standard InChI is InChI=1S/C19H23NO3/c1-11(16-7-9-17(23-6)10-8-16)20-12(2)18(14(4)21)19(13(20)3)15(5)22/h7-11H,1-6H3/t11-/m0/s1. The van der Waals surface area contributed by atoms with Crippen LogP contribution in [0.25, 0.3) is 0 Å². The molecule has 0 amide bonds. The Hall–Kier alpha value is -2.36. The average molecular weight is 313 g/mol. The van der Waals surface area contributed by atoms with Crippen LogP contribution < -0.4 is 4.74 Å². The number of Topliss-reactive ketones (excluding diaryl/α,β-unsaturated/α-hetero) is 2. The van der Waals surface area contributed by atoms with Crippen LogP contribution in [0.3, 0.4) is 0 Å². The van der Waals surface area contributed by atoms with Crippen LogP contribution in [0.4, 0.5) is 0 Å². The quantitative estimate of drug-likeness (QED) is 0.780. The van der Waals surface area contributed by atoms with Crippen molar-refractivity contribution in [3.8, 4) is 5.75 Å². The molecule has 0 aliphatic rings. The third kappa shape index (κ3) is 2.93. The highest BCUT2D eigenvalue weighted by Crippen LogP contribution is 2.30. The zero-order valence-electron chi connectivity index (χ0n) is 14.6. The Morgan fingerprint density at radius 3 is 1.74 bits per heavy atom. The second-order valence-corrected chi connectivity index (χ2v) is 5.85. The molecule has 23 heavy (non-hydrogen) atoms. The molecular formula is C19H23NO3. The lowest BCUT2D eigenvalue weighted by Gasteiger charge is -2.19. The molecule has 4 nitrogen and oxygen atoms in total. The van der Waals surface area contributed by atoms with Gasteiger partial charge in [-0.25, -0.2) is 0 Å². The van der Waals surface area contributed by atoms with Crippen molar-refractivity contribution < 1.29 is 14.3 Å². The van der Waals surface area contributed by atoms with Gasteiger partial charge in [-0.3, -0.25) is 9.59 Å². The Morgan fingerprint density at radius 2 is 1.39 bits per heavy atom. The van der Waals surface area contributed by atoms with Gasteiger partial charge in [-0.05, 0) is 52.3 Å². The second-order valence-electron chi connectivity index (χ2n) is 5.85. The number of carbonyl (C=O) groups excluding carboxylic acids is 2. The van der Waals surface area contributed by atoms with Gasteiger partial charge < -0.3 is 9.30 Å². The van der Waals surface area contributed by atoms with Crippen molar-refractivity contribution in [2.45, 2.75) is 40.7 Å². The lowest BCUT2D eigenvalue weighted by Crippen LogP contribution is -2.11. The molecule has 0 fully saturated rings. The van der Waals surface area contributed by atoms with Crippen LogP contribution in [0.15, 0.2) is 24.3 Å². The van der Waals surface area contributed by atoms with E-state index in [1.54, 1.807) is 7.11 Å². The average Bonchev–Trinajstić information content (AvgIpc) is 2.78. The molecule has 2 rings (SSSR count). The number of hydrogen-bond donors (Lipinski definition) is 0. The summed E-state index contributed by atoms with van der Waals surface area (Å²) in [6.45, 7) is 8.88. The van der Waals surface area contributed by atoms with E-state index in [0.29, 0.717) is 11.1 Å². The maximum Gasteiger partial charge on any atom is 0.162 e. The van der Waals surface area contributed by atoms with E-state index in [1.165, 1.54) is 13.8 Å². The fourth-order valence-corrected chi connectivity index (χ4v) is 3.33. The van der Waals surface area contributed by atoms with Crippen molar-refractivity contribution in [2.24, 2.45) is 0 Å². The van der Waals surface area contributed by atoms with Gasteiger partial charge in [0.2, 0.25) is 0 Å². The minimum absolute atomic E-state index is 0.0205. The highest BCUT2D eigenvalue weighted by Gasteiger charge is 2.25. The van der Waals surface area contributed by atoms with E-state index >= 15 is 0 Å². The van der Waals surface area contributed by atoms with Gasteiger partial charge in [-0.1, -0.05) is 12.1 Å². The van der Waals surface area contributed by atoms with E-state index in [4.69, 9.17) is 4.74 Å². The molecule has 122 valence electrons. The molecule has 1 heterocycles. The summed E-state index contributed by atoms with van der Waals surface area (Å²) in [5, 5.41) is 0. The number of benzene rings is 1. The monoisotopic (exact) mass is 313 g/mol. The summed E-state index contributed by atoms with van der Waals surface area (Å²) in [6.07, 6.45) is 0. The number of rotatable bonds is 5. The van der Waals surface area contributed by atoms with E-state index in [2.05, 4.69) is 11.5 Å². The van der Waals surface area contributed by atoms with Crippen LogP contribution in [-0.4, -0.2) is 23.2 Å². The molecule has 0 saturated heterocycles. The van der Waals surface area contributed by atoms with E-state index in [9.17, 15) is 9.59 Å². The topological polar surface area (TPSA) is 48.3 Å². The van der Waals surface area contributed by atoms with E-state index in [-0.39, 0.29) is 17.6 Å². The van der Waals surface area contributed by atoms with Gasteiger partial charge in [0.05, 0.1) is 13.2 Å². The number of nitrogens with zero attached hydrogens (tertiary/aromatic N) is 1. The molecule has 1 aromatic carbocycles. The first-order valence-corrected chi connectivity index (χ1v) is 7.66. The smallest absolute Gasteiger partial charge is 0.162 e. The van der Waals surface area contributed by atoms with Gasteiger partial charge in [0.25, 0.3) is 0 Å². The van der Waals surface area contributed by atoms with Gasteiger partial charge in [0.1, 0.15) is 5.75 Å². The molecule has 0 spiro atoms. The summed E-state index contributed by atoms with van der Waals surface area (Å²) < 4.78 is 7.26. The minimum Gasteiger partial charge on any atom is -0.497 e. The Bertz CT molecular complexity index is 716. The number of methoxy groups -OCH3 is 1. The van der Waals surface area contributed by atoms with Gasteiger partial charge in [-0.15, -0.1) is 0 Å². The first-order chi connectivity index (χ1) is 10.8. The first-order valence-electron chi connectivity index (χ1n) is 7.66. The number of aromatic nitrogens is 1. The summed E-state index contributed by atoms with van der Waals surface area (Å²) in [6, 6.07) is 7.86. The van der Waals surface area contributed by atoms with Crippen LogP contribution in [0.2, 0.25) is 0 Å². The maximum absolute atomic E-state index is 12.0. The van der Waals surface area contributed by atoms with Gasteiger partial charge in [-0.2, -0.15) is 0 Å². The lowest BCUT2D eigenvalue weighted by molar-refractivity contribution is 0.0981. The zero-order chi connectivity index (χ0) is 17.3. The molecule has 0 bridgehead atoms. The molecule has 0 N–H and O–H groups in total. The third-order valence-corrected chi connectivity index (χ3v) is 4.39. The molecule has 1 atom stereocenters. The van der Waals surface area contributed by atoms with Crippen LogP contribution in [0.1, 0.15) is 64.5 Å². The van der Waals surface area contributed by atoms with Gasteiger partial charge in [0.15, 0.2) is 11.6 Å². The summed E-state index contributed by atoms with van der Waals surface area (Å²) in [7, 11) is 1.64. The molecule has 0 unspecified atom stereocenters. The predicted octanol–water partition coefficient (Wildman–Crippen LogP) is 4.13. The molecule has 0 radical (unpaired) electrons. The fraction of sp³-hybridized carbons (Fsp3) is 0.368. The molecular weight excluding hydrogens is 290 g/mol. The normalized spacial score (nSPS) is 12.1. The fourth-order valence-electron chi connectivity index (χ4n) is 3.33. The molecule has 4 heteroatoms. The number of ether oxygens (including phenoxy) is 1. The number of ketones is 2. The highest BCUT2D eigenvalue weighted by molar-refractivity contribution is 6.09. The Balaban J connectivity index is 2.60. The SMILES string of the molecule is COc1ccc([C@H](C)n2c(C)c(C(C)=O)c(C(C)=O)c2C)cc1. The van der Waals surface area contributed by atoms with Crippen molar-refractivity contribution in [1.82, 2.24) is 4.57 Å². The summed E-state index contributed by atoms with van der Waals surface area (Å²) in [4.78, 5) is 24.0. The van der Waals surface area contributed by atoms with E-state index in [1.807, 2.05) is 38.1 Å². The van der Waals surface area contributed by atoms with Crippen molar-refractivity contribution >= 4 is 11.6 Å². The Morgan fingerprint density at radius 1 is 0.957 bits per heavy atom. The predicted molar refractivity (Wildman–Crippen MR) is 90.7 cm³/mol. The molecule has 0 aliphatic heterocycles. The van der Waals surface area contributed by atoms with Crippen LogP contribution in [-0.2, 0) is 0 Å². The van der Waals surface area contributed by atoms with Gasteiger partial charge >= 0.3 is 0 Å². The van der Waals surface area contributed by atoms with Crippen LogP contribution in [0, 0.1) is 13.8 Å². The van der Waals surface area contributed by atoms with E-state index < -0.39 is 0 Å². The number of carbonyl (C=O) groups is 2. The number of hydrogen-bond acceptors (Lipinski definition) is 3. The second kappa shape index (κ2) is 6.41. The minimum atomic E-state index is -0.0727. The maximum atomic E-state index is 12.0. The Kier molecular flexibility index (Phi) is 4.73.